The predicted octanol–water partition coefficient (Wildman–Crippen LogP) is 0.0839. The van der Waals surface area contributed by atoms with Crippen LogP contribution in [-0.2, 0) is 22.6 Å². The fraction of sp³-hybridized carbons (Fsp3) is 0.600. The highest BCUT2D eigenvalue weighted by Crippen LogP contribution is 2.12. The summed E-state index contributed by atoms with van der Waals surface area (Å²) in [5.41, 5.74) is 2.11. The van der Waals surface area contributed by atoms with E-state index in [0.717, 1.165) is 17.9 Å². The molecule has 0 radical (unpaired) electrons. The van der Waals surface area contributed by atoms with Gasteiger partial charge in [0.05, 0.1) is 31.0 Å². The van der Waals surface area contributed by atoms with Crippen molar-refractivity contribution in [3.05, 3.63) is 17.5 Å². The van der Waals surface area contributed by atoms with Gasteiger partial charge in [-0.2, -0.15) is 5.10 Å². The predicted molar refractivity (Wildman–Crippen MR) is 54.2 cm³/mol. The topological polar surface area (TPSA) is 56.1 Å². The summed E-state index contributed by atoms with van der Waals surface area (Å²) >= 11 is 0. The number of nitrogens with zero attached hydrogens (tertiary/aromatic N) is 2. The number of rotatable bonds is 1. The van der Waals surface area contributed by atoms with E-state index in [-0.39, 0.29) is 11.9 Å². The summed E-state index contributed by atoms with van der Waals surface area (Å²) < 4.78 is 6.63. The number of esters is 1. The van der Waals surface area contributed by atoms with E-state index < -0.39 is 0 Å². The van der Waals surface area contributed by atoms with Crippen LogP contribution in [0.2, 0.25) is 0 Å². The van der Waals surface area contributed by atoms with Crippen molar-refractivity contribution in [2.24, 2.45) is 5.92 Å². The number of nitrogens with one attached hydrogen (secondary N) is 1. The molecule has 2 rings (SSSR count). The fourth-order valence-corrected chi connectivity index (χ4v) is 1.87. The maximum atomic E-state index is 11.4. The number of carbonyl (C=O) groups excluding carboxylic acids is 1. The highest BCUT2D eigenvalue weighted by Gasteiger charge is 2.23. The number of methoxy groups -OCH3 is 1. The van der Waals surface area contributed by atoms with Gasteiger partial charge in [-0.25, -0.2) is 0 Å². The molecule has 0 saturated heterocycles. The van der Waals surface area contributed by atoms with Crippen LogP contribution in [0.1, 0.15) is 11.4 Å². The third-order valence-corrected chi connectivity index (χ3v) is 2.61. The van der Waals surface area contributed by atoms with Crippen molar-refractivity contribution in [2.75, 3.05) is 13.7 Å². The van der Waals surface area contributed by atoms with Crippen molar-refractivity contribution in [2.45, 2.75) is 20.0 Å². The third kappa shape index (κ3) is 2.02. The number of hydrogen-bond acceptors (Lipinski definition) is 4. The van der Waals surface area contributed by atoms with Crippen LogP contribution in [-0.4, -0.2) is 29.4 Å². The van der Waals surface area contributed by atoms with Gasteiger partial charge in [-0.05, 0) is 13.0 Å². The zero-order valence-corrected chi connectivity index (χ0v) is 8.99. The van der Waals surface area contributed by atoms with Gasteiger partial charge in [0.1, 0.15) is 0 Å². The SMILES string of the molecule is COC(=O)C1CNCc2cc(C)nn2C1. The Labute approximate surface area is 88.4 Å². The molecule has 5 nitrogen and oxygen atoms in total. The lowest BCUT2D eigenvalue weighted by atomic mass is 10.1. The van der Waals surface area contributed by atoms with Gasteiger partial charge in [0.25, 0.3) is 0 Å². The Morgan fingerprint density at radius 2 is 2.53 bits per heavy atom. The molecule has 0 fully saturated rings. The van der Waals surface area contributed by atoms with Gasteiger partial charge in [0.15, 0.2) is 0 Å². The molecule has 1 unspecified atom stereocenters. The molecular weight excluding hydrogens is 194 g/mol. The third-order valence-electron chi connectivity index (χ3n) is 2.61. The fourth-order valence-electron chi connectivity index (χ4n) is 1.87. The first-order chi connectivity index (χ1) is 7.20. The second-order valence-corrected chi connectivity index (χ2v) is 3.81. The van der Waals surface area contributed by atoms with Crippen LogP contribution >= 0.6 is 0 Å². The number of carbonyl (C=O) groups is 1. The Kier molecular flexibility index (Phi) is 2.73. The first-order valence-electron chi connectivity index (χ1n) is 5.02. The maximum Gasteiger partial charge on any atom is 0.311 e. The molecule has 5 heteroatoms. The van der Waals surface area contributed by atoms with E-state index in [4.69, 9.17) is 4.74 Å². The average molecular weight is 209 g/mol. The normalized spacial score (nSPS) is 20.5. The Morgan fingerprint density at radius 3 is 3.27 bits per heavy atom. The van der Waals surface area contributed by atoms with Crippen LogP contribution in [0.25, 0.3) is 0 Å². The van der Waals surface area contributed by atoms with E-state index in [0.29, 0.717) is 13.1 Å². The van der Waals surface area contributed by atoms with Crippen LogP contribution in [0.5, 0.6) is 0 Å². The van der Waals surface area contributed by atoms with Crippen molar-refractivity contribution in [1.82, 2.24) is 15.1 Å². The summed E-state index contributed by atoms with van der Waals surface area (Å²) in [5.74, 6) is -0.320. The summed E-state index contributed by atoms with van der Waals surface area (Å²) in [7, 11) is 1.42. The van der Waals surface area contributed by atoms with E-state index in [2.05, 4.69) is 10.4 Å². The number of ether oxygens (including phenoxy) is 1. The van der Waals surface area contributed by atoms with Crippen LogP contribution in [0.4, 0.5) is 0 Å². The Balaban J connectivity index is 2.20. The van der Waals surface area contributed by atoms with Gasteiger partial charge in [-0.1, -0.05) is 0 Å². The molecular formula is C10H15N3O2. The van der Waals surface area contributed by atoms with Gasteiger partial charge in [-0.15, -0.1) is 0 Å². The smallest absolute Gasteiger partial charge is 0.311 e. The van der Waals surface area contributed by atoms with E-state index >= 15 is 0 Å². The highest BCUT2D eigenvalue weighted by atomic mass is 16.5. The second-order valence-electron chi connectivity index (χ2n) is 3.81. The molecule has 1 aliphatic heterocycles. The van der Waals surface area contributed by atoms with E-state index in [9.17, 15) is 4.79 Å². The maximum absolute atomic E-state index is 11.4. The van der Waals surface area contributed by atoms with Crippen molar-refractivity contribution in [1.29, 1.82) is 0 Å². The second kappa shape index (κ2) is 4.02. The Hall–Kier alpha value is -1.36. The average Bonchev–Trinajstić information content (AvgIpc) is 2.45. The number of hydrogen-bond donors (Lipinski definition) is 1. The lowest BCUT2D eigenvalue weighted by molar-refractivity contribution is -0.145. The zero-order chi connectivity index (χ0) is 10.8. The number of aryl methyl sites for hydroxylation is 1. The lowest BCUT2D eigenvalue weighted by Crippen LogP contribution is -2.29. The summed E-state index contributed by atoms with van der Waals surface area (Å²) in [6.07, 6.45) is 0. The van der Waals surface area contributed by atoms with Crippen molar-refractivity contribution >= 4 is 5.97 Å². The minimum atomic E-state index is -0.177. The summed E-state index contributed by atoms with van der Waals surface area (Å²) in [6.45, 7) is 3.96. The van der Waals surface area contributed by atoms with E-state index in [1.807, 2.05) is 17.7 Å². The number of fused-ring (bicyclic) bond motifs is 1. The van der Waals surface area contributed by atoms with Crippen LogP contribution in [0.3, 0.4) is 0 Å². The molecule has 2 heterocycles. The molecule has 0 bridgehead atoms. The van der Waals surface area contributed by atoms with Gasteiger partial charge in [0, 0.05) is 13.1 Å². The van der Waals surface area contributed by atoms with E-state index in [1.54, 1.807) is 0 Å². The molecule has 0 amide bonds. The Bertz CT molecular complexity index is 373. The Morgan fingerprint density at radius 1 is 1.73 bits per heavy atom. The summed E-state index contributed by atoms with van der Waals surface area (Å²) in [4.78, 5) is 11.4. The largest absolute Gasteiger partial charge is 0.469 e. The molecule has 0 aromatic carbocycles. The highest BCUT2D eigenvalue weighted by molar-refractivity contribution is 5.72. The molecule has 1 aromatic rings. The van der Waals surface area contributed by atoms with Crippen molar-refractivity contribution in [3.8, 4) is 0 Å². The standard InChI is InChI=1S/C10H15N3O2/c1-7-3-9-5-11-4-8(10(14)15-2)6-13(9)12-7/h3,8,11H,4-6H2,1-2H3. The zero-order valence-electron chi connectivity index (χ0n) is 8.99. The molecule has 82 valence electrons. The minimum absolute atomic E-state index is 0.143. The van der Waals surface area contributed by atoms with Gasteiger partial charge < -0.3 is 10.1 Å². The molecule has 0 saturated carbocycles. The summed E-state index contributed by atoms with van der Waals surface area (Å²) in [6, 6.07) is 2.03. The first kappa shape index (κ1) is 10.2. The molecule has 0 spiro atoms. The first-order valence-corrected chi connectivity index (χ1v) is 5.02. The molecule has 0 aliphatic carbocycles. The number of aromatic nitrogens is 2. The molecule has 1 aliphatic rings. The van der Waals surface area contributed by atoms with Crippen LogP contribution in [0, 0.1) is 12.8 Å². The summed E-state index contributed by atoms with van der Waals surface area (Å²) in [5, 5.41) is 7.57. The van der Waals surface area contributed by atoms with Gasteiger partial charge >= 0.3 is 5.97 Å². The van der Waals surface area contributed by atoms with Gasteiger partial charge in [0.2, 0.25) is 0 Å². The van der Waals surface area contributed by atoms with Crippen molar-refractivity contribution in [3.63, 3.8) is 0 Å². The van der Waals surface area contributed by atoms with Crippen molar-refractivity contribution < 1.29 is 9.53 Å². The molecule has 1 aromatic heterocycles. The van der Waals surface area contributed by atoms with Crippen LogP contribution < -0.4 is 5.32 Å². The molecule has 1 atom stereocenters. The molecule has 15 heavy (non-hydrogen) atoms. The lowest BCUT2D eigenvalue weighted by Gasteiger charge is -2.11. The van der Waals surface area contributed by atoms with E-state index in [1.165, 1.54) is 7.11 Å². The monoisotopic (exact) mass is 209 g/mol. The minimum Gasteiger partial charge on any atom is -0.469 e. The van der Waals surface area contributed by atoms with Crippen LogP contribution in [0.15, 0.2) is 6.07 Å². The molecule has 1 N–H and O–H groups in total. The van der Waals surface area contributed by atoms with Gasteiger partial charge in [-0.3, -0.25) is 9.48 Å². The quantitative estimate of drug-likeness (QED) is 0.666.